The monoisotopic (exact) mass is 280 g/mol. The quantitative estimate of drug-likeness (QED) is 0.693. The van der Waals surface area contributed by atoms with Gasteiger partial charge in [0.2, 0.25) is 0 Å². The first-order valence-corrected chi connectivity index (χ1v) is 8.07. The number of hydrogen-bond acceptors (Lipinski definition) is 3. The molecule has 0 radical (unpaired) electrons. The smallest absolute Gasteiger partial charge is 0.306 e. The van der Waals surface area contributed by atoms with E-state index in [9.17, 15) is 9.90 Å². The summed E-state index contributed by atoms with van der Waals surface area (Å²) in [7, 11) is 0. The van der Waals surface area contributed by atoms with Crippen LogP contribution in [-0.4, -0.2) is 22.8 Å². The molecule has 5 unspecified atom stereocenters. The fraction of sp³-hybridized carbons (Fsp3) is 0.941. The summed E-state index contributed by atoms with van der Waals surface area (Å²) in [6, 6.07) is 0. The number of carbonyl (C=O) groups excluding carboxylic acids is 1. The maximum absolute atomic E-state index is 11.7. The summed E-state index contributed by atoms with van der Waals surface area (Å²) in [5, 5.41) is 10.4. The van der Waals surface area contributed by atoms with Gasteiger partial charge in [-0.1, -0.05) is 20.8 Å². The topological polar surface area (TPSA) is 46.5 Å². The van der Waals surface area contributed by atoms with Crippen LogP contribution in [0.4, 0.5) is 0 Å². The largest absolute Gasteiger partial charge is 0.459 e. The molecule has 2 aliphatic carbocycles. The lowest BCUT2D eigenvalue weighted by Gasteiger charge is -2.63. The van der Waals surface area contributed by atoms with Crippen LogP contribution in [0.15, 0.2) is 0 Å². The normalized spacial score (nSPS) is 50.9. The van der Waals surface area contributed by atoms with Crippen LogP contribution in [0.2, 0.25) is 0 Å². The van der Waals surface area contributed by atoms with E-state index in [1.54, 1.807) is 0 Å². The molecule has 1 saturated heterocycles. The van der Waals surface area contributed by atoms with Crippen molar-refractivity contribution in [1.29, 1.82) is 0 Å². The van der Waals surface area contributed by atoms with E-state index in [0.717, 1.165) is 32.1 Å². The summed E-state index contributed by atoms with van der Waals surface area (Å²) < 4.78 is 5.77. The van der Waals surface area contributed by atoms with Gasteiger partial charge in [0.05, 0.1) is 6.10 Å². The number of aliphatic hydroxyl groups excluding tert-OH is 1. The van der Waals surface area contributed by atoms with Crippen LogP contribution in [0.1, 0.15) is 66.2 Å². The van der Waals surface area contributed by atoms with Gasteiger partial charge in [0, 0.05) is 12.3 Å². The van der Waals surface area contributed by atoms with Crippen molar-refractivity contribution in [2.75, 3.05) is 0 Å². The summed E-state index contributed by atoms with van der Waals surface area (Å²) in [5.41, 5.74) is -0.0439. The van der Waals surface area contributed by atoms with Crippen LogP contribution >= 0.6 is 0 Å². The summed E-state index contributed by atoms with van der Waals surface area (Å²) in [6.45, 7) is 9.05. The summed E-state index contributed by atoms with van der Waals surface area (Å²) in [6.07, 6.45) is 5.09. The molecule has 3 heteroatoms. The number of fused-ring (bicyclic) bond motifs is 3. The Hall–Kier alpha value is -0.570. The van der Waals surface area contributed by atoms with Crippen LogP contribution in [0.5, 0.6) is 0 Å². The summed E-state index contributed by atoms with van der Waals surface area (Å²) >= 11 is 0. The molecule has 1 heterocycles. The highest BCUT2D eigenvalue weighted by Gasteiger charge is 2.62. The number of carbonyl (C=O) groups is 1. The van der Waals surface area contributed by atoms with Crippen molar-refractivity contribution in [2.45, 2.75) is 77.9 Å². The van der Waals surface area contributed by atoms with Gasteiger partial charge in [0.15, 0.2) is 0 Å². The number of ether oxygens (including phenoxy) is 1. The SMILES string of the molecule is CC1(C)CC(O)CC2(C)C1CCC1(C)OC(=O)CCC12. The maximum Gasteiger partial charge on any atom is 0.306 e. The third-order valence-electron chi connectivity index (χ3n) is 6.62. The average Bonchev–Trinajstić information content (AvgIpc) is 2.24. The first-order chi connectivity index (χ1) is 9.17. The van der Waals surface area contributed by atoms with Crippen molar-refractivity contribution in [3.8, 4) is 0 Å². The fourth-order valence-corrected chi connectivity index (χ4v) is 6.10. The van der Waals surface area contributed by atoms with Crippen molar-refractivity contribution in [2.24, 2.45) is 22.7 Å². The molecule has 0 aromatic heterocycles. The van der Waals surface area contributed by atoms with Crippen LogP contribution in [-0.2, 0) is 9.53 Å². The fourth-order valence-electron chi connectivity index (χ4n) is 6.10. The first kappa shape index (κ1) is 14.4. The first-order valence-electron chi connectivity index (χ1n) is 8.07. The second-order valence-corrected chi connectivity index (χ2v) is 8.53. The van der Waals surface area contributed by atoms with Gasteiger partial charge in [0.25, 0.3) is 0 Å². The zero-order valence-corrected chi connectivity index (χ0v) is 13.2. The lowest BCUT2D eigenvalue weighted by atomic mass is 9.44. The van der Waals surface area contributed by atoms with Crippen molar-refractivity contribution >= 4 is 5.97 Å². The molecule has 20 heavy (non-hydrogen) atoms. The highest BCUT2D eigenvalue weighted by atomic mass is 16.6. The Labute approximate surface area is 122 Å². The molecule has 3 fully saturated rings. The lowest BCUT2D eigenvalue weighted by molar-refractivity contribution is -0.223. The van der Waals surface area contributed by atoms with Gasteiger partial charge in [0.1, 0.15) is 5.60 Å². The Morgan fingerprint density at radius 3 is 2.50 bits per heavy atom. The van der Waals surface area contributed by atoms with Crippen LogP contribution in [0.3, 0.4) is 0 Å². The number of esters is 1. The zero-order chi connectivity index (χ0) is 14.8. The molecule has 3 nitrogen and oxygen atoms in total. The van der Waals surface area contributed by atoms with Gasteiger partial charge in [-0.25, -0.2) is 0 Å². The Bertz CT molecular complexity index is 430. The van der Waals surface area contributed by atoms with Crippen molar-refractivity contribution in [1.82, 2.24) is 0 Å². The highest BCUT2D eigenvalue weighted by molar-refractivity contribution is 5.71. The van der Waals surface area contributed by atoms with Gasteiger partial charge in [-0.15, -0.1) is 0 Å². The van der Waals surface area contributed by atoms with E-state index in [-0.39, 0.29) is 28.5 Å². The molecule has 2 saturated carbocycles. The molecule has 1 N–H and O–H groups in total. The Morgan fingerprint density at radius 2 is 1.80 bits per heavy atom. The lowest BCUT2D eigenvalue weighted by Crippen LogP contribution is -2.62. The number of rotatable bonds is 0. The van der Waals surface area contributed by atoms with Gasteiger partial charge < -0.3 is 9.84 Å². The third kappa shape index (κ3) is 1.93. The summed E-state index contributed by atoms with van der Waals surface area (Å²) in [5.74, 6) is 0.968. The third-order valence-corrected chi connectivity index (χ3v) is 6.62. The molecular weight excluding hydrogens is 252 g/mol. The Balaban J connectivity index is 1.99. The van der Waals surface area contributed by atoms with Gasteiger partial charge in [-0.05, 0) is 55.8 Å². The van der Waals surface area contributed by atoms with Crippen molar-refractivity contribution in [3.63, 3.8) is 0 Å². The van der Waals surface area contributed by atoms with E-state index < -0.39 is 0 Å². The van der Waals surface area contributed by atoms with Crippen LogP contribution in [0.25, 0.3) is 0 Å². The molecule has 5 atom stereocenters. The van der Waals surface area contributed by atoms with Crippen LogP contribution in [0, 0.1) is 22.7 Å². The van der Waals surface area contributed by atoms with Gasteiger partial charge in [-0.3, -0.25) is 4.79 Å². The molecule has 0 amide bonds. The number of aliphatic hydroxyl groups is 1. The standard InChI is InChI=1S/C17H28O3/c1-15(2)9-11(18)10-16(3)12(15)7-8-17(4)13(16)5-6-14(19)20-17/h11-13,18H,5-10H2,1-4H3. The molecule has 0 bridgehead atoms. The van der Waals surface area contributed by atoms with E-state index in [2.05, 4.69) is 27.7 Å². The van der Waals surface area contributed by atoms with E-state index in [1.807, 2.05) is 0 Å². The van der Waals surface area contributed by atoms with E-state index in [1.165, 1.54) is 0 Å². The number of hydrogen-bond donors (Lipinski definition) is 1. The molecule has 3 rings (SSSR count). The molecule has 0 aromatic carbocycles. The Morgan fingerprint density at radius 1 is 1.10 bits per heavy atom. The molecule has 0 aromatic rings. The van der Waals surface area contributed by atoms with Crippen molar-refractivity contribution < 1.29 is 14.6 Å². The minimum atomic E-state index is -0.312. The molecule has 0 spiro atoms. The van der Waals surface area contributed by atoms with E-state index in [0.29, 0.717) is 18.3 Å². The minimum absolute atomic E-state index is 0.0404. The van der Waals surface area contributed by atoms with Gasteiger partial charge >= 0.3 is 5.97 Å². The van der Waals surface area contributed by atoms with Gasteiger partial charge in [-0.2, -0.15) is 0 Å². The molecule has 114 valence electrons. The highest BCUT2D eigenvalue weighted by Crippen LogP contribution is 2.64. The van der Waals surface area contributed by atoms with Crippen molar-refractivity contribution in [3.05, 3.63) is 0 Å². The zero-order valence-electron chi connectivity index (χ0n) is 13.2. The summed E-state index contributed by atoms with van der Waals surface area (Å²) in [4.78, 5) is 11.7. The van der Waals surface area contributed by atoms with Crippen LogP contribution < -0.4 is 0 Å². The molecule has 1 aliphatic heterocycles. The predicted octanol–water partition coefficient (Wildman–Crippen LogP) is 3.30. The second-order valence-electron chi connectivity index (χ2n) is 8.53. The molecule has 3 aliphatic rings. The maximum atomic E-state index is 11.7. The second kappa shape index (κ2) is 4.22. The Kier molecular flexibility index (Phi) is 3.03. The van der Waals surface area contributed by atoms with E-state index >= 15 is 0 Å². The van der Waals surface area contributed by atoms with E-state index in [4.69, 9.17) is 4.74 Å². The average molecular weight is 280 g/mol. The molecular formula is C17H28O3. The minimum Gasteiger partial charge on any atom is -0.459 e. The predicted molar refractivity (Wildman–Crippen MR) is 77.1 cm³/mol.